The van der Waals surface area contributed by atoms with Gasteiger partial charge in [0.25, 0.3) is 10.4 Å². The van der Waals surface area contributed by atoms with Crippen molar-refractivity contribution in [3.63, 3.8) is 0 Å². The third-order valence-corrected chi connectivity index (χ3v) is 2.33. The zero-order valence-corrected chi connectivity index (χ0v) is 12.5. The molecule has 78 valence electrons. The molecular weight excluding hydrogens is 255 g/mol. The Morgan fingerprint density at radius 1 is 1.00 bits per heavy atom. The van der Waals surface area contributed by atoms with Gasteiger partial charge < -0.3 is 8.74 Å². The molecule has 16 heavy (non-hydrogen) atoms. The van der Waals surface area contributed by atoms with Crippen molar-refractivity contribution in [3.8, 4) is 5.75 Å². The molecule has 0 aliphatic rings. The molecule has 0 aromatic heterocycles. The first-order chi connectivity index (χ1) is 7.06. The standard InChI is InChI=1S/C10H8O4S.K/c11-15(12,13)14-10-7-3-5-8-4-1-2-6-9(8)10;/h1-7H,(H,11,12,13);/q;+1/p-1. The number of hydrogen-bond acceptors (Lipinski definition) is 4. The van der Waals surface area contributed by atoms with Crippen molar-refractivity contribution in [1.29, 1.82) is 0 Å². The van der Waals surface area contributed by atoms with Crippen molar-refractivity contribution in [2.45, 2.75) is 0 Å². The Morgan fingerprint density at radius 2 is 1.62 bits per heavy atom. The van der Waals surface area contributed by atoms with Gasteiger partial charge in [0.1, 0.15) is 5.75 Å². The second-order valence-electron chi connectivity index (χ2n) is 2.97. The Kier molecular flexibility index (Phi) is 4.93. The van der Waals surface area contributed by atoms with E-state index in [4.69, 9.17) is 0 Å². The molecule has 0 N–H and O–H groups in total. The van der Waals surface area contributed by atoms with E-state index in [2.05, 4.69) is 4.18 Å². The molecule has 0 aliphatic heterocycles. The number of hydrogen-bond donors (Lipinski definition) is 0. The van der Waals surface area contributed by atoms with E-state index in [1.165, 1.54) is 6.07 Å². The van der Waals surface area contributed by atoms with Crippen molar-refractivity contribution in [3.05, 3.63) is 42.5 Å². The van der Waals surface area contributed by atoms with Gasteiger partial charge in [0.2, 0.25) is 0 Å². The summed E-state index contributed by atoms with van der Waals surface area (Å²) in [6.07, 6.45) is 0. The number of benzene rings is 2. The second kappa shape index (κ2) is 5.59. The topological polar surface area (TPSA) is 66.4 Å². The van der Waals surface area contributed by atoms with Gasteiger partial charge in [-0.2, -0.15) is 0 Å². The summed E-state index contributed by atoms with van der Waals surface area (Å²) >= 11 is 0. The average molecular weight is 262 g/mol. The van der Waals surface area contributed by atoms with Gasteiger partial charge >= 0.3 is 51.4 Å². The minimum absolute atomic E-state index is 0. The Labute approximate surface area is 136 Å². The fourth-order valence-electron chi connectivity index (χ4n) is 1.38. The molecule has 2 aromatic carbocycles. The van der Waals surface area contributed by atoms with Crippen LogP contribution in [0.1, 0.15) is 0 Å². The molecule has 4 nitrogen and oxygen atoms in total. The van der Waals surface area contributed by atoms with Crippen LogP contribution in [-0.2, 0) is 10.4 Å². The Balaban J connectivity index is 0.00000128. The maximum absolute atomic E-state index is 10.5. The van der Waals surface area contributed by atoms with Crippen LogP contribution in [0.25, 0.3) is 10.8 Å². The van der Waals surface area contributed by atoms with Gasteiger partial charge in [0.05, 0.1) is 0 Å². The zero-order valence-electron chi connectivity index (χ0n) is 8.58. The average Bonchev–Trinajstić information content (AvgIpc) is 2.16. The molecule has 2 rings (SSSR count). The van der Waals surface area contributed by atoms with Gasteiger partial charge in [-0.1, -0.05) is 36.4 Å². The van der Waals surface area contributed by atoms with E-state index >= 15 is 0 Å². The summed E-state index contributed by atoms with van der Waals surface area (Å²) in [4.78, 5) is 0. The SMILES string of the molecule is O=S(=O)([O-])Oc1cccc2ccccc12.[K+]. The Bertz CT molecular complexity index is 589. The van der Waals surface area contributed by atoms with Crippen LogP contribution in [0.3, 0.4) is 0 Å². The van der Waals surface area contributed by atoms with E-state index in [1.54, 1.807) is 30.3 Å². The van der Waals surface area contributed by atoms with E-state index < -0.39 is 10.4 Å². The molecule has 0 fully saturated rings. The van der Waals surface area contributed by atoms with Gasteiger partial charge in [-0.15, -0.1) is 0 Å². The molecule has 0 amide bonds. The monoisotopic (exact) mass is 262 g/mol. The fourth-order valence-corrected chi connectivity index (χ4v) is 1.74. The third kappa shape index (κ3) is 3.52. The van der Waals surface area contributed by atoms with E-state index in [0.717, 1.165) is 5.39 Å². The van der Waals surface area contributed by atoms with Crippen LogP contribution in [0, 0.1) is 0 Å². The molecule has 0 saturated heterocycles. The van der Waals surface area contributed by atoms with Crippen molar-refractivity contribution in [1.82, 2.24) is 0 Å². The van der Waals surface area contributed by atoms with Gasteiger partial charge in [0, 0.05) is 5.39 Å². The van der Waals surface area contributed by atoms with Gasteiger partial charge in [0.15, 0.2) is 0 Å². The van der Waals surface area contributed by atoms with Crippen LogP contribution in [-0.4, -0.2) is 13.0 Å². The Morgan fingerprint density at radius 3 is 2.31 bits per heavy atom. The second-order valence-corrected chi connectivity index (χ2v) is 3.95. The van der Waals surface area contributed by atoms with Crippen molar-refractivity contribution < 1.29 is 68.5 Å². The molecule has 0 aliphatic carbocycles. The summed E-state index contributed by atoms with van der Waals surface area (Å²) < 4.78 is 35.7. The molecular formula is C10H7KO4S. The maximum atomic E-state index is 10.5. The normalized spacial score (nSPS) is 10.8. The van der Waals surface area contributed by atoms with Crippen LogP contribution in [0.5, 0.6) is 5.75 Å². The largest absolute Gasteiger partial charge is 1.00 e. The molecule has 6 heteroatoms. The van der Waals surface area contributed by atoms with Gasteiger partial charge in [-0.25, -0.2) is 8.42 Å². The molecule has 0 heterocycles. The molecule has 0 bridgehead atoms. The molecule has 0 radical (unpaired) electrons. The van der Waals surface area contributed by atoms with Crippen LogP contribution in [0.15, 0.2) is 42.5 Å². The number of fused-ring (bicyclic) bond motifs is 1. The van der Waals surface area contributed by atoms with Gasteiger partial charge in [-0.3, -0.25) is 0 Å². The molecule has 0 spiro atoms. The van der Waals surface area contributed by atoms with Crippen molar-refractivity contribution in [2.75, 3.05) is 0 Å². The first kappa shape index (κ1) is 14.1. The van der Waals surface area contributed by atoms with Crippen LogP contribution in [0.4, 0.5) is 0 Å². The maximum Gasteiger partial charge on any atom is 1.00 e. The minimum Gasteiger partial charge on any atom is -0.716 e. The summed E-state index contributed by atoms with van der Waals surface area (Å²) in [6.45, 7) is 0. The molecule has 0 unspecified atom stereocenters. The summed E-state index contributed by atoms with van der Waals surface area (Å²) in [5.41, 5.74) is 0. The van der Waals surface area contributed by atoms with Crippen LogP contribution >= 0.6 is 0 Å². The van der Waals surface area contributed by atoms with Crippen molar-refractivity contribution >= 4 is 21.2 Å². The molecule has 0 atom stereocenters. The summed E-state index contributed by atoms with van der Waals surface area (Å²) in [5.74, 6) is 0.0584. The summed E-state index contributed by atoms with van der Waals surface area (Å²) in [5, 5.41) is 1.41. The Hall–Kier alpha value is 0.0464. The quantitative estimate of drug-likeness (QED) is 0.383. The zero-order chi connectivity index (χ0) is 10.9. The number of rotatable bonds is 2. The van der Waals surface area contributed by atoms with Crippen LogP contribution in [0.2, 0.25) is 0 Å². The smallest absolute Gasteiger partial charge is 0.716 e. The first-order valence-corrected chi connectivity index (χ1v) is 5.53. The first-order valence-electron chi connectivity index (χ1n) is 4.19. The predicted molar refractivity (Wildman–Crippen MR) is 54.3 cm³/mol. The third-order valence-electron chi connectivity index (χ3n) is 1.94. The molecule has 0 saturated carbocycles. The van der Waals surface area contributed by atoms with E-state index in [1.807, 2.05) is 6.07 Å². The summed E-state index contributed by atoms with van der Waals surface area (Å²) in [7, 11) is -4.72. The minimum atomic E-state index is -4.72. The van der Waals surface area contributed by atoms with Crippen molar-refractivity contribution in [2.24, 2.45) is 0 Å². The fraction of sp³-hybridized carbons (Fsp3) is 0. The van der Waals surface area contributed by atoms with E-state index in [9.17, 15) is 13.0 Å². The van der Waals surface area contributed by atoms with Crippen LogP contribution < -0.4 is 55.6 Å². The summed E-state index contributed by atoms with van der Waals surface area (Å²) in [6, 6.07) is 11.9. The predicted octanol–water partition coefficient (Wildman–Crippen LogP) is -1.32. The van der Waals surface area contributed by atoms with E-state index in [-0.39, 0.29) is 57.1 Å². The molecule has 2 aromatic rings. The van der Waals surface area contributed by atoms with E-state index in [0.29, 0.717) is 5.39 Å². The van der Waals surface area contributed by atoms with Gasteiger partial charge in [-0.05, 0) is 11.5 Å².